The minimum Gasteiger partial charge on any atom is -0.484 e. The Labute approximate surface area is 152 Å². The van der Waals surface area contributed by atoms with Crippen molar-refractivity contribution in [3.05, 3.63) is 28.2 Å². The topological polar surface area (TPSA) is 41.6 Å². The van der Waals surface area contributed by atoms with E-state index in [1.807, 2.05) is 4.90 Å². The monoisotopic (exact) mass is 378 g/mol. The van der Waals surface area contributed by atoms with Gasteiger partial charge in [0.1, 0.15) is 5.75 Å². The smallest absolute Gasteiger partial charge is 0.260 e. The van der Waals surface area contributed by atoms with E-state index in [4.69, 9.17) is 27.9 Å². The maximum absolute atomic E-state index is 12.3. The lowest BCUT2D eigenvalue weighted by Gasteiger charge is -2.21. The molecule has 2 saturated heterocycles. The van der Waals surface area contributed by atoms with Crippen molar-refractivity contribution in [1.29, 1.82) is 0 Å². The van der Waals surface area contributed by atoms with E-state index in [1.165, 1.54) is 0 Å². The molecule has 0 spiro atoms. The van der Waals surface area contributed by atoms with Crippen molar-refractivity contribution in [2.75, 3.05) is 32.8 Å². The van der Waals surface area contributed by atoms with E-state index >= 15 is 0 Å². The van der Waals surface area contributed by atoms with Gasteiger partial charge in [-0.3, -0.25) is 4.79 Å². The number of fused-ring (bicyclic) bond motifs is 1. The molecule has 1 aromatic carbocycles. The lowest BCUT2D eigenvalue weighted by atomic mass is 9.92. The zero-order valence-corrected chi connectivity index (χ0v) is 15.1. The summed E-state index contributed by atoms with van der Waals surface area (Å²) >= 11 is 11.8. The van der Waals surface area contributed by atoms with E-state index in [0.29, 0.717) is 27.6 Å². The number of nitrogens with zero attached hydrogens (tertiary/aromatic N) is 1. The second-order valence-corrected chi connectivity index (χ2v) is 6.82. The zero-order chi connectivity index (χ0) is 15.5. The Morgan fingerprint density at radius 3 is 2.43 bits per heavy atom. The fourth-order valence-electron chi connectivity index (χ4n) is 3.27. The van der Waals surface area contributed by atoms with Crippen LogP contribution in [0.5, 0.6) is 5.75 Å². The first-order valence-corrected chi connectivity index (χ1v) is 8.45. The summed E-state index contributed by atoms with van der Waals surface area (Å²) in [4.78, 5) is 14.2. The molecule has 0 aliphatic carbocycles. The molecule has 0 aromatic heterocycles. The average Bonchev–Trinajstić information content (AvgIpc) is 2.87. The van der Waals surface area contributed by atoms with Gasteiger partial charge < -0.3 is 15.0 Å². The summed E-state index contributed by atoms with van der Waals surface area (Å²) < 4.78 is 5.55. The van der Waals surface area contributed by atoms with Crippen LogP contribution < -0.4 is 10.1 Å². The van der Waals surface area contributed by atoms with Crippen LogP contribution in [0.1, 0.15) is 12.8 Å². The number of ether oxygens (including phenoxy) is 1. The number of amides is 1. The molecular weight excluding hydrogens is 359 g/mol. The maximum atomic E-state index is 12.3. The number of hydrogen-bond donors (Lipinski definition) is 1. The van der Waals surface area contributed by atoms with Crippen LogP contribution in [0.15, 0.2) is 18.2 Å². The number of rotatable bonds is 3. The van der Waals surface area contributed by atoms with E-state index in [-0.39, 0.29) is 24.9 Å². The molecule has 0 bridgehead atoms. The van der Waals surface area contributed by atoms with Gasteiger partial charge in [-0.15, -0.1) is 12.4 Å². The average molecular weight is 380 g/mol. The predicted octanol–water partition coefficient (Wildman–Crippen LogP) is 3.25. The minimum atomic E-state index is 0. The molecule has 2 fully saturated rings. The number of nitrogens with one attached hydrogen (secondary N) is 1. The molecule has 3 rings (SSSR count). The molecular formula is C16H21Cl3N2O2. The van der Waals surface area contributed by atoms with Gasteiger partial charge in [-0.1, -0.05) is 23.2 Å². The molecule has 0 radical (unpaired) electrons. The van der Waals surface area contributed by atoms with E-state index in [2.05, 4.69) is 5.32 Å². The molecule has 2 heterocycles. The predicted molar refractivity (Wildman–Crippen MR) is 94.9 cm³/mol. The van der Waals surface area contributed by atoms with Crippen molar-refractivity contribution in [2.45, 2.75) is 12.8 Å². The third kappa shape index (κ3) is 4.66. The SMILES string of the molecule is Cl.O=C(COc1ccc(Cl)c(Cl)c1)N1CC[C@@H]2CNC[C@@H]2CC1. The highest BCUT2D eigenvalue weighted by atomic mass is 35.5. The van der Waals surface area contributed by atoms with Crippen LogP contribution >= 0.6 is 35.6 Å². The van der Waals surface area contributed by atoms with Crippen LogP contribution in [0, 0.1) is 11.8 Å². The van der Waals surface area contributed by atoms with E-state index in [1.54, 1.807) is 18.2 Å². The van der Waals surface area contributed by atoms with Gasteiger partial charge in [0.05, 0.1) is 10.0 Å². The van der Waals surface area contributed by atoms with Crippen LogP contribution in [0.3, 0.4) is 0 Å². The molecule has 1 aromatic rings. The summed E-state index contributed by atoms with van der Waals surface area (Å²) in [7, 11) is 0. The van der Waals surface area contributed by atoms with Gasteiger partial charge >= 0.3 is 0 Å². The van der Waals surface area contributed by atoms with Crippen LogP contribution in [0.4, 0.5) is 0 Å². The minimum absolute atomic E-state index is 0. The Morgan fingerprint density at radius 1 is 1.17 bits per heavy atom. The second kappa shape index (κ2) is 8.43. The highest BCUT2D eigenvalue weighted by Crippen LogP contribution is 2.28. The molecule has 1 N–H and O–H groups in total. The van der Waals surface area contributed by atoms with Crippen molar-refractivity contribution in [2.24, 2.45) is 11.8 Å². The van der Waals surface area contributed by atoms with Gasteiger partial charge in [0.15, 0.2) is 6.61 Å². The number of benzene rings is 1. The van der Waals surface area contributed by atoms with Crippen LogP contribution in [0.25, 0.3) is 0 Å². The van der Waals surface area contributed by atoms with Gasteiger partial charge in [-0.25, -0.2) is 0 Å². The fourth-order valence-corrected chi connectivity index (χ4v) is 3.56. The summed E-state index contributed by atoms with van der Waals surface area (Å²) in [6.07, 6.45) is 2.16. The Balaban J connectivity index is 0.00000192. The van der Waals surface area contributed by atoms with Gasteiger partial charge in [0.2, 0.25) is 0 Å². The molecule has 23 heavy (non-hydrogen) atoms. The Morgan fingerprint density at radius 2 is 1.83 bits per heavy atom. The quantitative estimate of drug-likeness (QED) is 0.876. The molecule has 0 saturated carbocycles. The molecule has 1 amide bonds. The summed E-state index contributed by atoms with van der Waals surface area (Å²) in [6.45, 7) is 3.88. The number of hydrogen-bond acceptors (Lipinski definition) is 3. The second-order valence-electron chi connectivity index (χ2n) is 6.00. The van der Waals surface area contributed by atoms with Crippen molar-refractivity contribution < 1.29 is 9.53 Å². The van der Waals surface area contributed by atoms with Crippen molar-refractivity contribution in [1.82, 2.24) is 10.2 Å². The zero-order valence-electron chi connectivity index (χ0n) is 12.8. The van der Waals surface area contributed by atoms with Crippen LogP contribution in [0.2, 0.25) is 10.0 Å². The van der Waals surface area contributed by atoms with Crippen molar-refractivity contribution >= 4 is 41.5 Å². The van der Waals surface area contributed by atoms with E-state index in [9.17, 15) is 4.79 Å². The van der Waals surface area contributed by atoms with Crippen LogP contribution in [-0.4, -0.2) is 43.6 Å². The molecule has 2 aliphatic rings. The number of carbonyl (C=O) groups is 1. The largest absolute Gasteiger partial charge is 0.484 e. The first-order valence-electron chi connectivity index (χ1n) is 7.70. The normalized spacial score (nSPS) is 23.7. The third-order valence-electron chi connectivity index (χ3n) is 4.63. The van der Waals surface area contributed by atoms with E-state index in [0.717, 1.165) is 39.0 Å². The first-order chi connectivity index (χ1) is 10.6. The van der Waals surface area contributed by atoms with Gasteiger partial charge in [-0.2, -0.15) is 0 Å². The Bertz CT molecular complexity index is 542. The van der Waals surface area contributed by atoms with Crippen molar-refractivity contribution in [3.8, 4) is 5.75 Å². The highest BCUT2D eigenvalue weighted by molar-refractivity contribution is 6.42. The standard InChI is InChI=1S/C16H20Cl2N2O2.ClH/c17-14-2-1-13(7-15(14)18)22-10-16(21)20-5-3-11-8-19-9-12(11)4-6-20;/h1-2,7,11-12,19H,3-6,8-10H2;1H/t11-,12+;. The molecule has 0 unspecified atom stereocenters. The summed E-state index contributed by atoms with van der Waals surface area (Å²) in [5.74, 6) is 2.04. The van der Waals surface area contributed by atoms with Gasteiger partial charge in [0.25, 0.3) is 5.91 Å². The number of halogens is 3. The molecule has 4 nitrogen and oxygen atoms in total. The number of carbonyl (C=O) groups excluding carboxylic acids is 1. The van der Waals surface area contributed by atoms with Crippen LogP contribution in [-0.2, 0) is 4.79 Å². The number of likely N-dealkylation sites (tertiary alicyclic amines) is 1. The summed E-state index contributed by atoms with van der Waals surface area (Å²) in [5.41, 5.74) is 0. The van der Waals surface area contributed by atoms with Crippen molar-refractivity contribution in [3.63, 3.8) is 0 Å². The molecule has 7 heteroatoms. The van der Waals surface area contributed by atoms with E-state index < -0.39 is 0 Å². The Kier molecular flexibility index (Phi) is 6.84. The molecule has 2 atom stereocenters. The summed E-state index contributed by atoms with van der Waals surface area (Å²) in [6, 6.07) is 5.03. The molecule has 2 aliphatic heterocycles. The third-order valence-corrected chi connectivity index (χ3v) is 5.36. The van der Waals surface area contributed by atoms with Gasteiger partial charge in [-0.05, 0) is 49.9 Å². The fraction of sp³-hybridized carbons (Fsp3) is 0.562. The summed E-state index contributed by atoms with van der Waals surface area (Å²) in [5, 5.41) is 4.35. The van der Waals surface area contributed by atoms with Gasteiger partial charge in [0, 0.05) is 19.2 Å². The molecule has 128 valence electrons. The first kappa shape index (κ1) is 18.7. The Hall–Kier alpha value is -0.680. The highest BCUT2D eigenvalue weighted by Gasteiger charge is 2.31. The lowest BCUT2D eigenvalue weighted by molar-refractivity contribution is -0.133. The lowest BCUT2D eigenvalue weighted by Crippen LogP contribution is -2.36. The maximum Gasteiger partial charge on any atom is 0.260 e.